The maximum atomic E-state index is 5.68. The van der Waals surface area contributed by atoms with Crippen molar-refractivity contribution in [1.29, 1.82) is 0 Å². The van der Waals surface area contributed by atoms with E-state index in [4.69, 9.17) is 23.2 Å². The van der Waals surface area contributed by atoms with Gasteiger partial charge in [0.1, 0.15) is 5.15 Å². The van der Waals surface area contributed by atoms with Crippen molar-refractivity contribution < 1.29 is 0 Å². The second-order valence-corrected chi connectivity index (χ2v) is 3.46. The maximum Gasteiger partial charge on any atom is 0.224 e. The zero-order chi connectivity index (χ0) is 7.72. The predicted octanol–water partition coefficient (Wildman–Crippen LogP) is 2.70. The summed E-state index contributed by atoms with van der Waals surface area (Å²) in [5.74, 6) is 0. The SMILES string of the molecule is Cc1nc(Cl)nc(Cl)c1I. The fraction of sp³-hybridized carbons (Fsp3) is 0.200. The summed E-state index contributed by atoms with van der Waals surface area (Å²) >= 11 is 13.3. The Morgan fingerprint density at radius 3 is 2.40 bits per heavy atom. The van der Waals surface area contributed by atoms with Gasteiger partial charge in [-0.05, 0) is 41.1 Å². The van der Waals surface area contributed by atoms with E-state index in [1.807, 2.05) is 6.92 Å². The Morgan fingerprint density at radius 2 is 1.90 bits per heavy atom. The van der Waals surface area contributed by atoms with E-state index >= 15 is 0 Å². The van der Waals surface area contributed by atoms with Crippen LogP contribution in [0, 0.1) is 10.5 Å². The lowest BCUT2D eigenvalue weighted by molar-refractivity contribution is 1.08. The van der Waals surface area contributed by atoms with Crippen LogP contribution in [0.15, 0.2) is 0 Å². The van der Waals surface area contributed by atoms with Crippen LogP contribution in [-0.4, -0.2) is 9.97 Å². The van der Waals surface area contributed by atoms with Crippen LogP contribution in [0.25, 0.3) is 0 Å². The molecule has 2 nitrogen and oxygen atoms in total. The van der Waals surface area contributed by atoms with Crippen LogP contribution in [0.1, 0.15) is 5.69 Å². The molecule has 0 aliphatic heterocycles. The van der Waals surface area contributed by atoms with Crippen molar-refractivity contribution in [2.75, 3.05) is 0 Å². The number of hydrogen-bond donors (Lipinski definition) is 0. The first kappa shape index (κ1) is 8.49. The third kappa shape index (κ3) is 1.71. The highest BCUT2D eigenvalue weighted by atomic mass is 127. The van der Waals surface area contributed by atoms with Gasteiger partial charge >= 0.3 is 0 Å². The van der Waals surface area contributed by atoms with Crippen LogP contribution < -0.4 is 0 Å². The first-order valence-corrected chi connectivity index (χ1v) is 4.30. The highest BCUT2D eigenvalue weighted by Gasteiger charge is 2.04. The molecule has 0 amide bonds. The first-order valence-electron chi connectivity index (χ1n) is 2.46. The molecule has 0 fully saturated rings. The summed E-state index contributed by atoms with van der Waals surface area (Å²) in [6.07, 6.45) is 0. The molecule has 0 saturated heterocycles. The largest absolute Gasteiger partial charge is 0.224 e. The number of hydrogen-bond acceptors (Lipinski definition) is 2. The number of halogens is 3. The van der Waals surface area contributed by atoms with Crippen LogP contribution in [-0.2, 0) is 0 Å². The van der Waals surface area contributed by atoms with Crippen LogP contribution in [0.2, 0.25) is 10.4 Å². The summed E-state index contributed by atoms with van der Waals surface area (Å²) in [5, 5.41) is 0.612. The maximum absolute atomic E-state index is 5.68. The van der Waals surface area contributed by atoms with Gasteiger partial charge < -0.3 is 0 Å². The molecule has 54 valence electrons. The fourth-order valence-electron chi connectivity index (χ4n) is 0.492. The zero-order valence-corrected chi connectivity index (χ0v) is 8.70. The minimum absolute atomic E-state index is 0.197. The van der Waals surface area contributed by atoms with Crippen LogP contribution in [0.5, 0.6) is 0 Å². The Kier molecular flexibility index (Phi) is 2.71. The van der Waals surface area contributed by atoms with Crippen molar-refractivity contribution in [3.05, 3.63) is 19.7 Å². The van der Waals surface area contributed by atoms with Crippen molar-refractivity contribution >= 4 is 45.8 Å². The summed E-state index contributed by atoms with van der Waals surface area (Å²) in [5.41, 5.74) is 0.811. The molecule has 0 unspecified atom stereocenters. The van der Waals surface area contributed by atoms with E-state index < -0.39 is 0 Å². The first-order chi connectivity index (χ1) is 4.61. The summed E-state index contributed by atoms with van der Waals surface area (Å²) < 4.78 is 0.851. The van der Waals surface area contributed by atoms with E-state index in [1.54, 1.807) is 0 Å². The fourth-order valence-corrected chi connectivity index (χ4v) is 1.20. The second kappa shape index (κ2) is 3.19. The summed E-state index contributed by atoms with van der Waals surface area (Å²) in [7, 11) is 0. The van der Waals surface area contributed by atoms with Gasteiger partial charge in [0.05, 0.1) is 9.26 Å². The number of aromatic nitrogens is 2. The van der Waals surface area contributed by atoms with Crippen LogP contribution in [0.4, 0.5) is 0 Å². The average molecular weight is 289 g/mol. The molecule has 1 heterocycles. The molecule has 1 aromatic heterocycles. The van der Waals surface area contributed by atoms with Gasteiger partial charge in [0.2, 0.25) is 5.28 Å². The van der Waals surface area contributed by atoms with Crippen molar-refractivity contribution in [3.8, 4) is 0 Å². The molecule has 1 rings (SSSR count). The monoisotopic (exact) mass is 288 g/mol. The molecule has 0 saturated carbocycles. The van der Waals surface area contributed by atoms with Gasteiger partial charge in [-0.1, -0.05) is 11.6 Å². The quantitative estimate of drug-likeness (QED) is 0.417. The average Bonchev–Trinajstić information content (AvgIpc) is 1.82. The van der Waals surface area contributed by atoms with Crippen molar-refractivity contribution in [3.63, 3.8) is 0 Å². The van der Waals surface area contributed by atoms with Gasteiger partial charge in [0.25, 0.3) is 0 Å². The number of aryl methyl sites for hydroxylation is 1. The molecular weight excluding hydrogens is 286 g/mol. The molecular formula is C5H3Cl2IN2. The number of nitrogens with zero attached hydrogens (tertiary/aromatic N) is 2. The van der Waals surface area contributed by atoms with Gasteiger partial charge in [-0.2, -0.15) is 0 Å². The molecule has 0 N–H and O–H groups in total. The lowest BCUT2D eigenvalue weighted by Crippen LogP contribution is -1.91. The zero-order valence-electron chi connectivity index (χ0n) is 5.03. The summed E-state index contributed by atoms with van der Waals surface area (Å²) in [4.78, 5) is 7.64. The molecule has 0 bridgehead atoms. The van der Waals surface area contributed by atoms with Crippen molar-refractivity contribution in [2.24, 2.45) is 0 Å². The normalized spacial score (nSPS) is 10.0. The van der Waals surface area contributed by atoms with E-state index in [1.165, 1.54) is 0 Å². The molecule has 5 heteroatoms. The Labute approximate surface area is 82.1 Å². The predicted molar refractivity (Wildman–Crippen MR) is 49.5 cm³/mol. The standard InChI is InChI=1S/C5H3Cl2IN2/c1-2-3(8)4(6)10-5(7)9-2/h1H3. The molecule has 0 radical (unpaired) electrons. The Balaban J connectivity index is 3.31. The minimum atomic E-state index is 0.197. The third-order valence-corrected chi connectivity index (χ3v) is 3.00. The minimum Gasteiger partial charge on any atom is -0.222 e. The third-order valence-electron chi connectivity index (χ3n) is 0.949. The molecule has 1 aromatic rings. The van der Waals surface area contributed by atoms with Crippen LogP contribution in [0.3, 0.4) is 0 Å². The second-order valence-electron chi connectivity index (χ2n) is 1.68. The lowest BCUT2D eigenvalue weighted by Gasteiger charge is -1.97. The topological polar surface area (TPSA) is 25.8 Å². The van der Waals surface area contributed by atoms with Gasteiger partial charge in [-0.3, -0.25) is 0 Å². The molecule has 10 heavy (non-hydrogen) atoms. The van der Waals surface area contributed by atoms with E-state index in [2.05, 4.69) is 32.6 Å². The van der Waals surface area contributed by atoms with Gasteiger partial charge in [0, 0.05) is 0 Å². The summed E-state index contributed by atoms with van der Waals surface area (Å²) in [6, 6.07) is 0. The molecule has 0 aliphatic rings. The smallest absolute Gasteiger partial charge is 0.222 e. The van der Waals surface area contributed by atoms with Crippen molar-refractivity contribution in [2.45, 2.75) is 6.92 Å². The Morgan fingerprint density at radius 1 is 1.30 bits per heavy atom. The highest BCUT2D eigenvalue weighted by Crippen LogP contribution is 2.19. The van der Waals surface area contributed by atoms with Crippen LogP contribution >= 0.6 is 45.8 Å². The molecule has 0 atom stereocenters. The van der Waals surface area contributed by atoms with Gasteiger partial charge in [-0.25, -0.2) is 9.97 Å². The lowest BCUT2D eigenvalue weighted by atomic mass is 10.5. The Hall–Kier alpha value is 0.390. The highest BCUT2D eigenvalue weighted by molar-refractivity contribution is 14.1. The van der Waals surface area contributed by atoms with E-state index in [-0.39, 0.29) is 5.28 Å². The molecule has 0 aromatic carbocycles. The van der Waals surface area contributed by atoms with Gasteiger partial charge in [-0.15, -0.1) is 0 Å². The van der Waals surface area contributed by atoms with E-state index in [0.717, 1.165) is 9.26 Å². The van der Waals surface area contributed by atoms with E-state index in [9.17, 15) is 0 Å². The molecule has 0 aliphatic carbocycles. The molecule has 0 spiro atoms. The van der Waals surface area contributed by atoms with Crippen molar-refractivity contribution in [1.82, 2.24) is 9.97 Å². The Bertz CT molecular complexity index is 241. The van der Waals surface area contributed by atoms with E-state index in [0.29, 0.717) is 5.15 Å². The van der Waals surface area contributed by atoms with Gasteiger partial charge in [0.15, 0.2) is 0 Å². The number of rotatable bonds is 0. The summed E-state index contributed by atoms with van der Waals surface area (Å²) in [6.45, 7) is 1.83.